The number of carboxylic acid groups (broad SMARTS) is 1. The van der Waals surface area contributed by atoms with Crippen molar-refractivity contribution in [2.24, 2.45) is 0 Å². The molecule has 0 saturated heterocycles. The van der Waals surface area contributed by atoms with Crippen molar-refractivity contribution in [1.29, 1.82) is 0 Å². The highest BCUT2D eigenvalue weighted by atomic mass is 32.2. The first-order valence-corrected chi connectivity index (χ1v) is 8.43. The fourth-order valence-electron chi connectivity index (χ4n) is 2.12. The Balaban J connectivity index is 2.20. The molecule has 124 valence electrons. The monoisotopic (exact) mass is 338 g/mol. The maximum Gasteiger partial charge on any atom is 0.303 e. The molecule has 1 aromatic heterocycles. The number of hydrogen-bond acceptors (Lipinski definition) is 5. The maximum absolute atomic E-state index is 12.7. The van der Waals surface area contributed by atoms with E-state index >= 15 is 0 Å². The van der Waals surface area contributed by atoms with Crippen LogP contribution in [0.25, 0.3) is 0 Å². The summed E-state index contributed by atoms with van der Waals surface area (Å²) in [5.74, 6) is -0.942. The van der Waals surface area contributed by atoms with Crippen LogP contribution in [0.5, 0.6) is 0 Å². The van der Waals surface area contributed by atoms with Gasteiger partial charge in [-0.2, -0.15) is 5.10 Å². The number of sulfonamides is 1. The Morgan fingerprint density at radius 1 is 1.35 bits per heavy atom. The van der Waals surface area contributed by atoms with E-state index < -0.39 is 16.0 Å². The minimum Gasteiger partial charge on any atom is -0.481 e. The molecule has 0 aliphatic heterocycles. The van der Waals surface area contributed by atoms with Crippen molar-refractivity contribution < 1.29 is 18.3 Å². The van der Waals surface area contributed by atoms with Crippen molar-refractivity contribution in [3.63, 3.8) is 0 Å². The van der Waals surface area contributed by atoms with Crippen LogP contribution in [0, 0.1) is 0 Å². The highest BCUT2D eigenvalue weighted by Gasteiger charge is 2.23. The van der Waals surface area contributed by atoms with Crippen LogP contribution in [0.15, 0.2) is 41.8 Å². The number of carbonyl (C=O) groups is 1. The van der Waals surface area contributed by atoms with Crippen LogP contribution in [0.1, 0.15) is 18.4 Å². The fourth-order valence-corrected chi connectivity index (χ4v) is 3.54. The Kier molecular flexibility index (Phi) is 5.45. The van der Waals surface area contributed by atoms with E-state index in [4.69, 9.17) is 5.11 Å². The summed E-state index contributed by atoms with van der Waals surface area (Å²) >= 11 is 0. The number of rotatable bonds is 8. The molecule has 0 unspecified atom stereocenters. The smallest absolute Gasteiger partial charge is 0.303 e. The lowest BCUT2D eigenvalue weighted by molar-refractivity contribution is -0.137. The number of nitrogens with zero attached hydrogens (tertiary/aromatic N) is 4. The van der Waals surface area contributed by atoms with Crippen LogP contribution in [0.3, 0.4) is 0 Å². The highest BCUT2D eigenvalue weighted by Crippen LogP contribution is 2.20. The normalized spacial score (nSPS) is 11.7. The molecule has 0 spiro atoms. The van der Waals surface area contributed by atoms with Gasteiger partial charge < -0.3 is 5.11 Å². The van der Waals surface area contributed by atoms with Gasteiger partial charge in [0.15, 0.2) is 0 Å². The van der Waals surface area contributed by atoms with Gasteiger partial charge in [0.25, 0.3) is 0 Å². The molecule has 1 aromatic carbocycles. The molecule has 2 rings (SSSR count). The maximum atomic E-state index is 12.7. The molecule has 0 bridgehead atoms. The van der Waals surface area contributed by atoms with Gasteiger partial charge >= 0.3 is 5.97 Å². The van der Waals surface area contributed by atoms with E-state index in [1.54, 1.807) is 22.9 Å². The Morgan fingerprint density at radius 2 is 2.09 bits per heavy atom. The van der Waals surface area contributed by atoms with Gasteiger partial charge in [-0.05, 0) is 18.1 Å². The van der Waals surface area contributed by atoms with E-state index in [1.807, 2.05) is 0 Å². The molecule has 0 saturated carbocycles. The van der Waals surface area contributed by atoms with E-state index in [2.05, 4.69) is 10.1 Å². The second-order valence-corrected chi connectivity index (χ2v) is 7.04. The number of aromatic nitrogens is 3. The summed E-state index contributed by atoms with van der Waals surface area (Å²) in [6, 6.07) is 6.67. The van der Waals surface area contributed by atoms with E-state index in [0.29, 0.717) is 12.1 Å². The largest absolute Gasteiger partial charge is 0.481 e. The number of hydrogen-bond donors (Lipinski definition) is 1. The van der Waals surface area contributed by atoms with Gasteiger partial charge in [0.1, 0.15) is 12.7 Å². The first-order valence-electron chi connectivity index (χ1n) is 6.99. The SMILES string of the molecule is CN(CCCC(=O)O)S(=O)(=O)c1ccccc1Cn1cncn1. The van der Waals surface area contributed by atoms with E-state index in [-0.39, 0.29) is 24.3 Å². The van der Waals surface area contributed by atoms with Crippen molar-refractivity contribution in [2.45, 2.75) is 24.3 Å². The predicted molar refractivity (Wildman–Crippen MR) is 82.3 cm³/mol. The molecule has 2 aromatic rings. The van der Waals surface area contributed by atoms with Crippen LogP contribution in [-0.2, 0) is 21.4 Å². The summed E-state index contributed by atoms with van der Waals surface area (Å²) in [5, 5.41) is 12.6. The Labute approximate surface area is 134 Å². The Morgan fingerprint density at radius 3 is 2.74 bits per heavy atom. The Hall–Kier alpha value is -2.26. The molecule has 8 nitrogen and oxygen atoms in total. The zero-order chi connectivity index (χ0) is 16.9. The predicted octanol–water partition coefficient (Wildman–Crippen LogP) is 0.812. The second-order valence-electron chi connectivity index (χ2n) is 5.02. The molecule has 0 fully saturated rings. The van der Waals surface area contributed by atoms with E-state index in [1.165, 1.54) is 30.1 Å². The lowest BCUT2D eigenvalue weighted by atomic mass is 10.2. The molecule has 1 N–H and O–H groups in total. The third kappa shape index (κ3) is 4.36. The summed E-state index contributed by atoms with van der Waals surface area (Å²) in [5.41, 5.74) is 0.600. The van der Waals surface area contributed by atoms with Crippen LogP contribution < -0.4 is 0 Å². The molecule has 0 atom stereocenters. The molecule has 1 heterocycles. The molecule has 0 amide bonds. The second kappa shape index (κ2) is 7.34. The third-order valence-corrected chi connectivity index (χ3v) is 5.28. The standard InChI is InChI=1S/C14H18N4O4S/c1-17(8-4-7-14(19)20)23(21,22)13-6-3-2-5-12(13)9-18-11-15-10-16-18/h2-3,5-6,10-11H,4,7-9H2,1H3,(H,19,20). The zero-order valence-electron chi connectivity index (χ0n) is 12.7. The third-order valence-electron chi connectivity index (χ3n) is 3.32. The number of aliphatic carboxylic acids is 1. The fraction of sp³-hybridized carbons (Fsp3) is 0.357. The van der Waals surface area contributed by atoms with Gasteiger partial charge in [0.05, 0.1) is 11.4 Å². The van der Waals surface area contributed by atoms with Gasteiger partial charge in [0, 0.05) is 20.0 Å². The topological polar surface area (TPSA) is 105 Å². The zero-order valence-corrected chi connectivity index (χ0v) is 13.5. The van der Waals surface area contributed by atoms with Crippen LogP contribution in [-0.4, -0.2) is 52.2 Å². The number of carboxylic acids is 1. The minimum absolute atomic E-state index is 0.0690. The van der Waals surface area contributed by atoms with Gasteiger partial charge in [-0.25, -0.2) is 22.4 Å². The summed E-state index contributed by atoms with van der Waals surface area (Å²) in [7, 11) is -2.24. The lowest BCUT2D eigenvalue weighted by Crippen LogP contribution is -2.29. The van der Waals surface area contributed by atoms with Crippen molar-refractivity contribution in [3.05, 3.63) is 42.5 Å². The number of benzene rings is 1. The van der Waals surface area contributed by atoms with Crippen LogP contribution >= 0.6 is 0 Å². The van der Waals surface area contributed by atoms with Crippen LogP contribution in [0.2, 0.25) is 0 Å². The van der Waals surface area contributed by atoms with E-state index in [0.717, 1.165) is 0 Å². The summed E-state index contributed by atoms with van der Waals surface area (Å²) in [6.07, 6.45) is 3.09. The van der Waals surface area contributed by atoms with Gasteiger partial charge in [-0.15, -0.1) is 0 Å². The Bertz CT molecular complexity index is 759. The molecule has 0 aliphatic carbocycles. The summed E-state index contributed by atoms with van der Waals surface area (Å²) in [6.45, 7) is 0.435. The van der Waals surface area contributed by atoms with Gasteiger partial charge in [0.2, 0.25) is 10.0 Å². The quantitative estimate of drug-likeness (QED) is 0.763. The molecule has 23 heavy (non-hydrogen) atoms. The average Bonchev–Trinajstić information content (AvgIpc) is 3.00. The van der Waals surface area contributed by atoms with Crippen molar-refractivity contribution in [2.75, 3.05) is 13.6 Å². The average molecular weight is 338 g/mol. The molecular weight excluding hydrogens is 320 g/mol. The molecular formula is C14H18N4O4S. The van der Waals surface area contributed by atoms with E-state index in [9.17, 15) is 13.2 Å². The summed E-state index contributed by atoms with van der Waals surface area (Å²) in [4.78, 5) is 14.6. The first kappa shape index (κ1) is 17.1. The molecule has 0 aliphatic rings. The lowest BCUT2D eigenvalue weighted by Gasteiger charge is -2.19. The highest BCUT2D eigenvalue weighted by molar-refractivity contribution is 7.89. The summed E-state index contributed by atoms with van der Waals surface area (Å²) < 4.78 is 28.1. The van der Waals surface area contributed by atoms with Crippen molar-refractivity contribution >= 4 is 16.0 Å². The van der Waals surface area contributed by atoms with Crippen molar-refractivity contribution in [1.82, 2.24) is 19.1 Å². The van der Waals surface area contributed by atoms with Gasteiger partial charge in [-0.1, -0.05) is 18.2 Å². The first-order chi connectivity index (χ1) is 10.9. The minimum atomic E-state index is -3.69. The van der Waals surface area contributed by atoms with Crippen LogP contribution in [0.4, 0.5) is 0 Å². The van der Waals surface area contributed by atoms with Crippen molar-refractivity contribution in [3.8, 4) is 0 Å². The molecule has 0 radical (unpaired) electrons. The molecule has 9 heteroatoms. The van der Waals surface area contributed by atoms with Gasteiger partial charge in [-0.3, -0.25) is 4.79 Å².